The van der Waals surface area contributed by atoms with E-state index in [4.69, 9.17) is 0 Å². The Morgan fingerprint density at radius 2 is 2.03 bits per heavy atom. The molecule has 0 saturated carbocycles. The third kappa shape index (κ3) is 5.76. The summed E-state index contributed by atoms with van der Waals surface area (Å²) in [7, 11) is 0. The van der Waals surface area contributed by atoms with Crippen molar-refractivity contribution in [2.45, 2.75) is 25.4 Å². The van der Waals surface area contributed by atoms with Gasteiger partial charge in [0.25, 0.3) is 5.91 Å². The number of hydrogen-bond acceptors (Lipinski definition) is 6. The van der Waals surface area contributed by atoms with Crippen LogP contribution in [0.4, 0.5) is 26.2 Å². The number of carbonyl (C=O) groups is 1. The molecule has 1 unspecified atom stereocenters. The molecule has 1 fully saturated rings. The number of anilines is 3. The third-order valence-corrected chi connectivity index (χ3v) is 5.11. The minimum atomic E-state index is -0.624. The second-order valence-corrected chi connectivity index (χ2v) is 7.60. The molecule has 2 heterocycles. The van der Waals surface area contributed by atoms with Crippen molar-refractivity contribution in [3.05, 3.63) is 77.5 Å². The van der Waals surface area contributed by atoms with Gasteiger partial charge in [-0.05, 0) is 55.3 Å². The van der Waals surface area contributed by atoms with Gasteiger partial charge in [-0.1, -0.05) is 18.2 Å². The highest BCUT2D eigenvalue weighted by atomic mass is 19.1. The Morgan fingerprint density at radius 1 is 1.16 bits per heavy atom. The molecular formula is C23H24F2N6O. The van der Waals surface area contributed by atoms with Gasteiger partial charge in [0.15, 0.2) is 11.6 Å². The van der Waals surface area contributed by atoms with E-state index in [0.717, 1.165) is 32.1 Å². The maximum absolute atomic E-state index is 14.1. The predicted octanol–water partition coefficient (Wildman–Crippen LogP) is 3.59. The zero-order valence-electron chi connectivity index (χ0n) is 17.4. The van der Waals surface area contributed by atoms with Crippen molar-refractivity contribution < 1.29 is 13.6 Å². The molecule has 0 radical (unpaired) electrons. The Bertz CT molecular complexity index is 1090. The molecule has 32 heavy (non-hydrogen) atoms. The Balaban J connectivity index is 1.41. The second-order valence-electron chi connectivity index (χ2n) is 7.60. The Hall–Kier alpha value is -3.59. The zero-order valence-corrected chi connectivity index (χ0v) is 17.4. The van der Waals surface area contributed by atoms with E-state index in [2.05, 4.69) is 31.2 Å². The van der Waals surface area contributed by atoms with Crippen LogP contribution in [0.3, 0.4) is 0 Å². The van der Waals surface area contributed by atoms with E-state index in [1.54, 1.807) is 36.4 Å². The summed E-state index contributed by atoms with van der Waals surface area (Å²) < 4.78 is 27.5. The minimum Gasteiger partial charge on any atom is -0.363 e. The molecule has 1 saturated heterocycles. The van der Waals surface area contributed by atoms with Gasteiger partial charge in [0.1, 0.15) is 5.82 Å². The fraction of sp³-hybridized carbons (Fsp3) is 0.261. The van der Waals surface area contributed by atoms with Crippen molar-refractivity contribution >= 4 is 23.4 Å². The monoisotopic (exact) mass is 438 g/mol. The number of benzene rings is 2. The summed E-state index contributed by atoms with van der Waals surface area (Å²) >= 11 is 0. The van der Waals surface area contributed by atoms with Crippen LogP contribution < -0.4 is 21.3 Å². The van der Waals surface area contributed by atoms with Crippen LogP contribution in [0.1, 0.15) is 28.8 Å². The average molecular weight is 438 g/mol. The molecule has 2 aromatic carbocycles. The van der Waals surface area contributed by atoms with Crippen molar-refractivity contribution in [1.82, 2.24) is 20.6 Å². The van der Waals surface area contributed by atoms with Crippen molar-refractivity contribution in [2.75, 3.05) is 23.7 Å². The molecule has 4 rings (SSSR count). The minimum absolute atomic E-state index is 0.00884. The first-order valence-electron chi connectivity index (χ1n) is 10.5. The molecule has 0 aliphatic carbocycles. The molecule has 4 N–H and O–H groups in total. The first-order valence-corrected chi connectivity index (χ1v) is 10.5. The van der Waals surface area contributed by atoms with E-state index >= 15 is 0 Å². The quantitative estimate of drug-likeness (QED) is 0.451. The lowest BCUT2D eigenvalue weighted by atomic mass is 10.1. The van der Waals surface area contributed by atoms with Crippen molar-refractivity contribution in [2.24, 2.45) is 0 Å². The van der Waals surface area contributed by atoms with Crippen molar-refractivity contribution in [3.63, 3.8) is 0 Å². The molecule has 166 valence electrons. The second kappa shape index (κ2) is 10.1. The van der Waals surface area contributed by atoms with E-state index in [0.29, 0.717) is 16.8 Å². The van der Waals surface area contributed by atoms with Gasteiger partial charge < -0.3 is 21.3 Å². The first kappa shape index (κ1) is 21.6. The lowest BCUT2D eigenvalue weighted by Crippen LogP contribution is -2.45. The summed E-state index contributed by atoms with van der Waals surface area (Å²) in [5.41, 5.74) is 1.76. The van der Waals surface area contributed by atoms with Crippen molar-refractivity contribution in [1.29, 1.82) is 0 Å². The molecular weight excluding hydrogens is 414 g/mol. The summed E-state index contributed by atoms with van der Waals surface area (Å²) in [6.07, 6.45) is 3.03. The largest absolute Gasteiger partial charge is 0.363 e. The standard InChI is InChI=1S/C23H24F2N6O/c24-17-6-1-4-15(10-17)12-27-21-20(25)14-28-23(31-21)30-18-7-2-5-16(11-18)22(32)29-19-8-3-9-26-13-19/h1-2,4-7,10-11,14,19,26H,3,8-9,12-13H2,(H,29,32)(H2,27,28,30,31). The van der Waals surface area contributed by atoms with E-state index in [-0.39, 0.29) is 36.1 Å². The van der Waals surface area contributed by atoms with Gasteiger partial charge in [-0.3, -0.25) is 4.79 Å². The maximum atomic E-state index is 14.1. The maximum Gasteiger partial charge on any atom is 0.251 e. The van der Waals surface area contributed by atoms with Gasteiger partial charge in [-0.25, -0.2) is 13.8 Å². The normalized spacial score (nSPS) is 15.8. The van der Waals surface area contributed by atoms with E-state index < -0.39 is 5.82 Å². The van der Waals surface area contributed by atoms with Crippen LogP contribution in [0.15, 0.2) is 54.7 Å². The number of aromatic nitrogens is 2. The summed E-state index contributed by atoms with van der Waals surface area (Å²) in [4.78, 5) is 20.7. The molecule has 1 amide bonds. The highest BCUT2D eigenvalue weighted by molar-refractivity contribution is 5.95. The molecule has 7 nitrogen and oxygen atoms in total. The number of halogens is 2. The highest BCUT2D eigenvalue weighted by Crippen LogP contribution is 2.19. The van der Waals surface area contributed by atoms with Gasteiger partial charge >= 0.3 is 0 Å². The topological polar surface area (TPSA) is 91.0 Å². The fourth-order valence-electron chi connectivity index (χ4n) is 3.50. The number of carbonyl (C=O) groups excluding carboxylic acids is 1. The molecule has 3 aromatic rings. The SMILES string of the molecule is O=C(NC1CCCNC1)c1cccc(Nc2ncc(F)c(NCc3cccc(F)c3)n2)c1. The fourth-order valence-corrected chi connectivity index (χ4v) is 3.50. The number of piperidine rings is 1. The van der Waals surface area contributed by atoms with Gasteiger partial charge in [0, 0.05) is 30.4 Å². The van der Waals surface area contributed by atoms with E-state index in [9.17, 15) is 13.6 Å². The Morgan fingerprint density at radius 3 is 2.84 bits per heavy atom. The number of rotatable bonds is 7. The van der Waals surface area contributed by atoms with Gasteiger partial charge in [-0.2, -0.15) is 4.98 Å². The summed E-state index contributed by atoms with van der Waals surface area (Å²) in [5.74, 6) is -0.980. The predicted molar refractivity (Wildman–Crippen MR) is 119 cm³/mol. The lowest BCUT2D eigenvalue weighted by molar-refractivity contribution is 0.0930. The van der Waals surface area contributed by atoms with E-state index in [1.165, 1.54) is 12.1 Å². The van der Waals surface area contributed by atoms with Crippen LogP contribution >= 0.6 is 0 Å². The Kier molecular flexibility index (Phi) is 6.86. The molecule has 0 bridgehead atoms. The summed E-state index contributed by atoms with van der Waals surface area (Å²) in [6, 6.07) is 13.1. The number of nitrogens with one attached hydrogen (secondary N) is 4. The number of nitrogens with zero attached hydrogens (tertiary/aromatic N) is 2. The third-order valence-electron chi connectivity index (χ3n) is 5.11. The number of hydrogen-bond donors (Lipinski definition) is 4. The van der Waals surface area contributed by atoms with E-state index in [1.807, 2.05) is 0 Å². The summed E-state index contributed by atoms with van der Waals surface area (Å²) in [6.45, 7) is 1.94. The van der Waals surface area contributed by atoms with Gasteiger partial charge in [0.2, 0.25) is 5.95 Å². The summed E-state index contributed by atoms with van der Waals surface area (Å²) in [5, 5.41) is 12.2. The van der Waals surface area contributed by atoms with Crippen LogP contribution in [-0.2, 0) is 6.54 Å². The average Bonchev–Trinajstić information content (AvgIpc) is 2.80. The molecule has 0 spiro atoms. The smallest absolute Gasteiger partial charge is 0.251 e. The van der Waals surface area contributed by atoms with Crippen LogP contribution in [0.2, 0.25) is 0 Å². The van der Waals surface area contributed by atoms with Crippen LogP contribution in [0.25, 0.3) is 0 Å². The molecule has 1 aromatic heterocycles. The van der Waals surface area contributed by atoms with Crippen LogP contribution in [0.5, 0.6) is 0 Å². The molecule has 1 aliphatic heterocycles. The Labute approximate surface area is 184 Å². The molecule has 9 heteroatoms. The van der Waals surface area contributed by atoms with Crippen LogP contribution in [-0.4, -0.2) is 35.0 Å². The van der Waals surface area contributed by atoms with Gasteiger partial charge in [0.05, 0.1) is 6.20 Å². The highest BCUT2D eigenvalue weighted by Gasteiger charge is 2.16. The number of amides is 1. The van der Waals surface area contributed by atoms with Crippen LogP contribution in [0, 0.1) is 11.6 Å². The molecule has 1 atom stereocenters. The first-order chi connectivity index (χ1) is 15.6. The zero-order chi connectivity index (χ0) is 22.3. The molecule has 1 aliphatic rings. The lowest BCUT2D eigenvalue weighted by Gasteiger charge is -2.23. The van der Waals surface area contributed by atoms with Gasteiger partial charge in [-0.15, -0.1) is 0 Å². The van der Waals surface area contributed by atoms with Crippen molar-refractivity contribution in [3.8, 4) is 0 Å².